The van der Waals surface area contributed by atoms with Crippen molar-refractivity contribution in [1.29, 1.82) is 0 Å². The third kappa shape index (κ3) is 5.84. The van der Waals surface area contributed by atoms with Gasteiger partial charge in [0.1, 0.15) is 0 Å². The SMILES string of the molecule is Cc1ccsc1CCN(C)CCCCC(=O)O. The average molecular weight is 255 g/mol. The second kappa shape index (κ2) is 7.45. The second-order valence-electron chi connectivity index (χ2n) is 4.43. The Labute approximate surface area is 107 Å². The highest BCUT2D eigenvalue weighted by molar-refractivity contribution is 7.10. The highest BCUT2D eigenvalue weighted by Crippen LogP contribution is 2.16. The van der Waals surface area contributed by atoms with Crippen LogP contribution in [0.2, 0.25) is 0 Å². The molecule has 1 aromatic rings. The summed E-state index contributed by atoms with van der Waals surface area (Å²) in [6, 6.07) is 2.16. The molecule has 0 aromatic carbocycles. The van der Waals surface area contributed by atoms with E-state index in [1.165, 1.54) is 10.4 Å². The summed E-state index contributed by atoms with van der Waals surface area (Å²) in [5.41, 5.74) is 1.38. The number of nitrogens with zero attached hydrogens (tertiary/aromatic N) is 1. The summed E-state index contributed by atoms with van der Waals surface area (Å²) in [5.74, 6) is -0.693. The molecule has 4 heteroatoms. The lowest BCUT2D eigenvalue weighted by Crippen LogP contribution is -2.22. The van der Waals surface area contributed by atoms with Crippen LogP contribution in [0, 0.1) is 6.92 Å². The Morgan fingerprint density at radius 3 is 2.76 bits per heavy atom. The van der Waals surface area contributed by atoms with Gasteiger partial charge in [0, 0.05) is 17.8 Å². The second-order valence-corrected chi connectivity index (χ2v) is 5.43. The number of aryl methyl sites for hydroxylation is 1. The summed E-state index contributed by atoms with van der Waals surface area (Å²) in [6.45, 7) is 4.19. The lowest BCUT2D eigenvalue weighted by Gasteiger charge is -2.15. The molecule has 17 heavy (non-hydrogen) atoms. The topological polar surface area (TPSA) is 40.5 Å². The van der Waals surface area contributed by atoms with E-state index < -0.39 is 5.97 Å². The van der Waals surface area contributed by atoms with Crippen LogP contribution < -0.4 is 0 Å². The first-order chi connectivity index (χ1) is 8.09. The monoisotopic (exact) mass is 255 g/mol. The zero-order valence-corrected chi connectivity index (χ0v) is 11.4. The van der Waals surface area contributed by atoms with Gasteiger partial charge in [-0.3, -0.25) is 4.79 Å². The third-order valence-corrected chi connectivity index (χ3v) is 3.95. The van der Waals surface area contributed by atoms with Gasteiger partial charge in [-0.25, -0.2) is 0 Å². The molecule has 0 saturated carbocycles. The van der Waals surface area contributed by atoms with Gasteiger partial charge in [0.05, 0.1) is 0 Å². The molecular formula is C13H21NO2S. The Balaban J connectivity index is 2.11. The van der Waals surface area contributed by atoms with Crippen LogP contribution in [-0.4, -0.2) is 36.1 Å². The molecule has 0 fully saturated rings. The summed E-state index contributed by atoms with van der Waals surface area (Å²) in [7, 11) is 2.10. The van der Waals surface area contributed by atoms with E-state index >= 15 is 0 Å². The van der Waals surface area contributed by atoms with E-state index in [0.717, 1.165) is 32.4 Å². The number of thiophene rings is 1. The van der Waals surface area contributed by atoms with Crippen molar-refractivity contribution < 1.29 is 9.90 Å². The third-order valence-electron chi connectivity index (χ3n) is 2.87. The molecule has 0 amide bonds. The van der Waals surface area contributed by atoms with Crippen LogP contribution in [-0.2, 0) is 11.2 Å². The molecule has 1 aromatic heterocycles. The van der Waals surface area contributed by atoms with Crippen molar-refractivity contribution in [2.24, 2.45) is 0 Å². The van der Waals surface area contributed by atoms with Gasteiger partial charge in [0.2, 0.25) is 0 Å². The fourth-order valence-corrected chi connectivity index (χ4v) is 2.62. The molecule has 0 radical (unpaired) electrons. The number of unbranched alkanes of at least 4 members (excludes halogenated alkanes) is 1. The molecule has 0 unspecified atom stereocenters. The van der Waals surface area contributed by atoms with Crippen molar-refractivity contribution in [2.75, 3.05) is 20.1 Å². The van der Waals surface area contributed by atoms with Gasteiger partial charge in [0.15, 0.2) is 0 Å². The summed E-state index contributed by atoms with van der Waals surface area (Å²) in [6.07, 6.45) is 3.13. The molecule has 0 spiro atoms. The number of carbonyl (C=O) groups is 1. The lowest BCUT2D eigenvalue weighted by atomic mass is 10.2. The predicted molar refractivity (Wildman–Crippen MR) is 71.7 cm³/mol. The summed E-state index contributed by atoms with van der Waals surface area (Å²) < 4.78 is 0. The Hall–Kier alpha value is -0.870. The molecular weight excluding hydrogens is 234 g/mol. The van der Waals surface area contributed by atoms with E-state index in [1.807, 2.05) is 11.3 Å². The van der Waals surface area contributed by atoms with Crippen LogP contribution in [0.5, 0.6) is 0 Å². The Kier molecular flexibility index (Phi) is 6.22. The van der Waals surface area contributed by atoms with Crippen LogP contribution in [0.15, 0.2) is 11.4 Å². The number of likely N-dealkylation sites (N-methyl/N-ethyl adjacent to an activating group) is 1. The Morgan fingerprint density at radius 1 is 1.41 bits per heavy atom. The molecule has 0 atom stereocenters. The summed E-state index contributed by atoms with van der Waals surface area (Å²) in [4.78, 5) is 14.1. The summed E-state index contributed by atoms with van der Waals surface area (Å²) in [5, 5.41) is 10.7. The van der Waals surface area contributed by atoms with E-state index in [0.29, 0.717) is 0 Å². The van der Waals surface area contributed by atoms with E-state index in [1.54, 1.807) is 0 Å². The molecule has 0 bridgehead atoms. The lowest BCUT2D eigenvalue weighted by molar-refractivity contribution is -0.137. The van der Waals surface area contributed by atoms with Gasteiger partial charge in [-0.2, -0.15) is 0 Å². The smallest absolute Gasteiger partial charge is 0.303 e. The quantitative estimate of drug-likeness (QED) is 0.726. The van der Waals surface area contributed by atoms with E-state index in [4.69, 9.17) is 5.11 Å². The van der Waals surface area contributed by atoms with Gasteiger partial charge >= 0.3 is 5.97 Å². The largest absolute Gasteiger partial charge is 0.481 e. The summed E-state index contributed by atoms with van der Waals surface area (Å²) >= 11 is 1.82. The zero-order valence-electron chi connectivity index (χ0n) is 10.6. The molecule has 1 N–H and O–H groups in total. The molecule has 0 aliphatic carbocycles. The first-order valence-electron chi connectivity index (χ1n) is 6.03. The van der Waals surface area contributed by atoms with E-state index in [2.05, 4.69) is 30.3 Å². The minimum Gasteiger partial charge on any atom is -0.481 e. The van der Waals surface area contributed by atoms with Crippen molar-refractivity contribution in [1.82, 2.24) is 4.90 Å². The minimum absolute atomic E-state index is 0.290. The Bertz CT molecular complexity index is 349. The average Bonchev–Trinajstić information content (AvgIpc) is 2.67. The number of aliphatic carboxylic acids is 1. The minimum atomic E-state index is -0.693. The Morgan fingerprint density at radius 2 is 2.18 bits per heavy atom. The maximum Gasteiger partial charge on any atom is 0.303 e. The first-order valence-corrected chi connectivity index (χ1v) is 6.91. The molecule has 0 saturated heterocycles. The maximum absolute atomic E-state index is 10.4. The number of carboxylic acid groups (broad SMARTS) is 1. The predicted octanol–water partition coefficient (Wildman–Crippen LogP) is 2.79. The molecule has 3 nitrogen and oxygen atoms in total. The van der Waals surface area contributed by atoms with Crippen molar-refractivity contribution in [3.05, 3.63) is 21.9 Å². The van der Waals surface area contributed by atoms with Gasteiger partial charge < -0.3 is 10.0 Å². The number of hydrogen-bond acceptors (Lipinski definition) is 3. The molecule has 1 rings (SSSR count). The first kappa shape index (κ1) is 14.2. The van der Waals surface area contributed by atoms with Gasteiger partial charge in [-0.05, 0) is 56.8 Å². The van der Waals surface area contributed by atoms with Crippen LogP contribution in [0.4, 0.5) is 0 Å². The van der Waals surface area contributed by atoms with Crippen LogP contribution in [0.1, 0.15) is 29.7 Å². The van der Waals surface area contributed by atoms with E-state index in [9.17, 15) is 4.79 Å². The van der Waals surface area contributed by atoms with Gasteiger partial charge in [-0.15, -0.1) is 11.3 Å². The van der Waals surface area contributed by atoms with Crippen molar-refractivity contribution in [3.8, 4) is 0 Å². The number of rotatable bonds is 8. The normalized spacial score (nSPS) is 11.0. The molecule has 1 heterocycles. The van der Waals surface area contributed by atoms with Crippen LogP contribution >= 0.6 is 11.3 Å². The van der Waals surface area contributed by atoms with Crippen LogP contribution in [0.3, 0.4) is 0 Å². The zero-order chi connectivity index (χ0) is 12.7. The van der Waals surface area contributed by atoms with Crippen LogP contribution in [0.25, 0.3) is 0 Å². The number of hydrogen-bond donors (Lipinski definition) is 1. The fourth-order valence-electron chi connectivity index (χ4n) is 1.72. The van der Waals surface area contributed by atoms with E-state index in [-0.39, 0.29) is 6.42 Å². The highest BCUT2D eigenvalue weighted by atomic mass is 32.1. The van der Waals surface area contributed by atoms with Gasteiger partial charge in [-0.1, -0.05) is 0 Å². The standard InChI is InChI=1S/C13H21NO2S/c1-11-7-10-17-12(11)6-9-14(2)8-4-3-5-13(15)16/h7,10H,3-6,8-9H2,1-2H3,(H,15,16). The maximum atomic E-state index is 10.4. The van der Waals surface area contributed by atoms with Crippen molar-refractivity contribution >= 4 is 17.3 Å². The molecule has 96 valence electrons. The number of carboxylic acids is 1. The fraction of sp³-hybridized carbons (Fsp3) is 0.615. The van der Waals surface area contributed by atoms with Gasteiger partial charge in [0.25, 0.3) is 0 Å². The van der Waals surface area contributed by atoms with Crippen molar-refractivity contribution in [3.63, 3.8) is 0 Å². The molecule has 0 aliphatic heterocycles. The molecule has 0 aliphatic rings. The highest BCUT2D eigenvalue weighted by Gasteiger charge is 2.03. The van der Waals surface area contributed by atoms with Crippen molar-refractivity contribution in [2.45, 2.75) is 32.6 Å².